The normalized spacial score (nSPS) is 15.0. The van der Waals surface area contributed by atoms with Crippen LogP contribution in [0.1, 0.15) is 18.1 Å². The largest absolute Gasteiger partial charge is 0.490 e. The first-order chi connectivity index (χ1) is 15.3. The van der Waals surface area contributed by atoms with Gasteiger partial charge in [-0.2, -0.15) is 0 Å². The van der Waals surface area contributed by atoms with Crippen LogP contribution >= 0.6 is 23.2 Å². The van der Waals surface area contributed by atoms with Gasteiger partial charge in [0.1, 0.15) is 12.2 Å². The van der Waals surface area contributed by atoms with Gasteiger partial charge in [0.25, 0.3) is 11.8 Å². The van der Waals surface area contributed by atoms with Gasteiger partial charge in [-0.25, -0.2) is 4.79 Å². The lowest BCUT2D eigenvalue weighted by molar-refractivity contribution is -0.129. The highest BCUT2D eigenvalue weighted by Gasteiger charge is 2.34. The number of hydrogen-bond acceptors (Lipinski definition) is 5. The van der Waals surface area contributed by atoms with E-state index in [4.69, 9.17) is 32.7 Å². The summed E-state index contributed by atoms with van der Waals surface area (Å²) in [6.07, 6.45) is 2.79. The van der Waals surface area contributed by atoms with Crippen LogP contribution in [0.2, 0.25) is 10.0 Å². The summed E-state index contributed by atoms with van der Waals surface area (Å²) in [6.45, 7) is 5.89. The topological polar surface area (TPSA) is 84.9 Å². The Balaban J connectivity index is 1.86. The Morgan fingerprint density at radius 2 is 1.84 bits per heavy atom. The van der Waals surface area contributed by atoms with Crippen LogP contribution in [-0.4, -0.2) is 35.9 Å². The number of hydrogen-bond donors (Lipinski definition) is 1. The molecule has 2 aromatic carbocycles. The number of nitrogens with one attached hydrogen (secondary N) is 1. The zero-order chi connectivity index (χ0) is 23.3. The Kier molecular flexibility index (Phi) is 7.56. The number of amides is 4. The first kappa shape index (κ1) is 23.4. The number of urea groups is 1. The molecule has 0 aromatic heterocycles. The van der Waals surface area contributed by atoms with E-state index >= 15 is 0 Å². The van der Waals surface area contributed by atoms with Crippen LogP contribution in [0.3, 0.4) is 0 Å². The highest BCUT2D eigenvalue weighted by Crippen LogP contribution is 2.31. The second-order valence-electron chi connectivity index (χ2n) is 6.69. The molecule has 0 spiro atoms. The number of carbonyl (C=O) groups is 3. The molecular weight excluding hydrogens is 455 g/mol. The molecule has 1 saturated heterocycles. The molecule has 2 aromatic rings. The third-order valence-corrected chi connectivity index (χ3v) is 5.06. The highest BCUT2D eigenvalue weighted by molar-refractivity contribution is 6.35. The number of halogens is 2. The van der Waals surface area contributed by atoms with E-state index in [1.807, 2.05) is 6.92 Å². The summed E-state index contributed by atoms with van der Waals surface area (Å²) in [4.78, 5) is 37.6. The Morgan fingerprint density at radius 1 is 1.06 bits per heavy atom. The molecule has 0 radical (unpaired) electrons. The number of ether oxygens (including phenoxy) is 2. The van der Waals surface area contributed by atoms with Crippen LogP contribution in [0.25, 0.3) is 6.08 Å². The maximum Gasteiger partial charge on any atom is 0.331 e. The van der Waals surface area contributed by atoms with Crippen molar-refractivity contribution >= 4 is 47.1 Å². The van der Waals surface area contributed by atoms with Gasteiger partial charge in [-0.15, -0.1) is 6.58 Å². The van der Waals surface area contributed by atoms with Crippen molar-refractivity contribution in [2.24, 2.45) is 0 Å². The lowest BCUT2D eigenvalue weighted by Gasteiger charge is -2.25. The summed E-state index contributed by atoms with van der Waals surface area (Å²) in [5, 5.41) is 3.16. The molecule has 1 aliphatic rings. The van der Waals surface area contributed by atoms with Crippen molar-refractivity contribution in [3.05, 3.63) is 75.8 Å². The number of benzene rings is 2. The summed E-state index contributed by atoms with van der Waals surface area (Å²) < 4.78 is 11.5. The van der Waals surface area contributed by atoms with E-state index in [1.54, 1.807) is 36.4 Å². The smallest absolute Gasteiger partial charge is 0.331 e. The van der Waals surface area contributed by atoms with Crippen molar-refractivity contribution in [3.8, 4) is 11.5 Å². The van der Waals surface area contributed by atoms with Crippen LogP contribution < -0.4 is 14.8 Å². The summed E-state index contributed by atoms with van der Waals surface area (Å²) in [5.74, 6) is -0.581. The van der Waals surface area contributed by atoms with Crippen molar-refractivity contribution in [2.75, 3.05) is 13.2 Å². The highest BCUT2D eigenvalue weighted by atomic mass is 35.5. The fraction of sp³-hybridized carbons (Fsp3) is 0.174. The molecule has 0 saturated carbocycles. The van der Waals surface area contributed by atoms with Crippen molar-refractivity contribution in [3.63, 3.8) is 0 Å². The molecule has 0 unspecified atom stereocenters. The first-order valence-electron chi connectivity index (χ1n) is 9.67. The van der Waals surface area contributed by atoms with Crippen LogP contribution in [0.4, 0.5) is 4.79 Å². The maximum atomic E-state index is 12.6. The van der Waals surface area contributed by atoms with Gasteiger partial charge in [-0.1, -0.05) is 41.4 Å². The second-order valence-corrected chi connectivity index (χ2v) is 7.53. The number of rotatable bonds is 8. The van der Waals surface area contributed by atoms with Gasteiger partial charge in [0.15, 0.2) is 11.5 Å². The van der Waals surface area contributed by atoms with Gasteiger partial charge < -0.3 is 9.47 Å². The van der Waals surface area contributed by atoms with Gasteiger partial charge in [0.05, 0.1) is 6.61 Å². The van der Waals surface area contributed by atoms with Crippen LogP contribution in [0, 0.1) is 0 Å². The van der Waals surface area contributed by atoms with Crippen molar-refractivity contribution in [2.45, 2.75) is 13.5 Å². The minimum atomic E-state index is -0.781. The molecule has 7 nitrogen and oxygen atoms in total. The fourth-order valence-electron chi connectivity index (χ4n) is 2.95. The molecule has 3 rings (SSSR count). The fourth-order valence-corrected chi connectivity index (χ4v) is 3.41. The third kappa shape index (κ3) is 5.30. The Labute approximate surface area is 195 Å². The Morgan fingerprint density at radius 3 is 2.53 bits per heavy atom. The van der Waals surface area contributed by atoms with Gasteiger partial charge in [0.2, 0.25) is 0 Å². The average molecular weight is 475 g/mol. The van der Waals surface area contributed by atoms with E-state index in [2.05, 4.69) is 11.9 Å². The number of barbiturate groups is 1. The molecule has 4 amide bonds. The Bertz CT molecular complexity index is 1110. The predicted octanol–water partition coefficient (Wildman–Crippen LogP) is 4.62. The van der Waals surface area contributed by atoms with Crippen LogP contribution in [0.15, 0.2) is 54.6 Å². The predicted molar refractivity (Wildman–Crippen MR) is 122 cm³/mol. The average Bonchev–Trinajstić information content (AvgIpc) is 2.75. The maximum absolute atomic E-state index is 12.6. The van der Waals surface area contributed by atoms with Crippen molar-refractivity contribution in [1.29, 1.82) is 0 Å². The summed E-state index contributed by atoms with van der Waals surface area (Å²) >= 11 is 12.1. The van der Waals surface area contributed by atoms with E-state index in [0.717, 1.165) is 10.5 Å². The summed E-state index contributed by atoms with van der Waals surface area (Å²) in [5.41, 5.74) is 1.11. The lowest BCUT2D eigenvalue weighted by atomic mass is 10.1. The zero-order valence-electron chi connectivity index (χ0n) is 17.2. The molecule has 32 heavy (non-hydrogen) atoms. The van der Waals surface area contributed by atoms with Crippen molar-refractivity contribution < 1.29 is 23.9 Å². The molecular formula is C23H20Cl2N2O5. The minimum Gasteiger partial charge on any atom is -0.490 e. The van der Waals surface area contributed by atoms with Gasteiger partial charge in [-0.3, -0.25) is 19.8 Å². The molecule has 1 N–H and O–H groups in total. The first-order valence-corrected chi connectivity index (χ1v) is 10.4. The molecule has 1 heterocycles. The monoisotopic (exact) mass is 474 g/mol. The lowest BCUT2D eigenvalue weighted by Crippen LogP contribution is -2.54. The van der Waals surface area contributed by atoms with Gasteiger partial charge in [0, 0.05) is 22.2 Å². The summed E-state index contributed by atoms with van der Waals surface area (Å²) in [6, 6.07) is 9.32. The van der Waals surface area contributed by atoms with Crippen LogP contribution in [0.5, 0.6) is 11.5 Å². The molecule has 0 atom stereocenters. The van der Waals surface area contributed by atoms with E-state index < -0.39 is 17.8 Å². The molecule has 1 fully saturated rings. The molecule has 1 aliphatic heterocycles. The van der Waals surface area contributed by atoms with E-state index in [9.17, 15) is 14.4 Å². The van der Waals surface area contributed by atoms with Crippen LogP contribution in [-0.2, 0) is 16.2 Å². The molecule has 166 valence electrons. The van der Waals surface area contributed by atoms with Gasteiger partial charge >= 0.3 is 6.03 Å². The zero-order valence-corrected chi connectivity index (χ0v) is 18.7. The SMILES string of the molecule is C=CCN1C(=O)NC(=O)C(=Cc2ccc(OCc3ccc(Cl)cc3Cl)c(OCC)c2)C1=O. The minimum absolute atomic E-state index is 0.0144. The second kappa shape index (κ2) is 10.3. The Hall–Kier alpha value is -3.29. The van der Waals surface area contributed by atoms with Gasteiger partial charge in [-0.05, 0) is 42.8 Å². The molecule has 0 aliphatic carbocycles. The molecule has 0 bridgehead atoms. The summed E-state index contributed by atoms with van der Waals surface area (Å²) in [7, 11) is 0. The standard InChI is InChI=1S/C23H20Cl2N2O5/c1-3-9-27-22(29)17(21(28)26-23(27)30)10-14-5-8-19(20(11-14)31-4-2)32-13-15-6-7-16(24)12-18(15)25/h3,5-8,10-12H,1,4,9,13H2,2H3,(H,26,28,30). The van der Waals surface area contributed by atoms with E-state index in [0.29, 0.717) is 33.7 Å². The van der Waals surface area contributed by atoms with Crippen molar-refractivity contribution in [1.82, 2.24) is 10.2 Å². The third-order valence-electron chi connectivity index (χ3n) is 4.47. The number of imide groups is 2. The van der Waals surface area contributed by atoms with E-state index in [-0.39, 0.29) is 18.7 Å². The van der Waals surface area contributed by atoms with E-state index in [1.165, 1.54) is 12.2 Å². The number of nitrogens with zero attached hydrogens (tertiary/aromatic N) is 1. The quantitative estimate of drug-likeness (QED) is 0.342. The molecule has 9 heteroatoms. The number of carbonyl (C=O) groups excluding carboxylic acids is 3.